The molecule has 2 atom stereocenters. The predicted molar refractivity (Wildman–Crippen MR) is 72.7 cm³/mol. The van der Waals surface area contributed by atoms with Crippen molar-refractivity contribution < 1.29 is 23.8 Å². The Morgan fingerprint density at radius 3 is 2.71 bits per heavy atom. The van der Waals surface area contributed by atoms with Crippen molar-refractivity contribution in [3.8, 4) is 0 Å². The molecule has 21 heavy (non-hydrogen) atoms. The quantitative estimate of drug-likeness (QED) is 0.859. The van der Waals surface area contributed by atoms with E-state index in [0.717, 1.165) is 0 Å². The molecule has 0 radical (unpaired) electrons. The van der Waals surface area contributed by atoms with E-state index in [1.54, 1.807) is 6.92 Å². The molecule has 1 heterocycles. The van der Waals surface area contributed by atoms with Gasteiger partial charge < -0.3 is 9.84 Å². The van der Waals surface area contributed by atoms with Crippen molar-refractivity contribution in [2.24, 2.45) is 0 Å². The Morgan fingerprint density at radius 1 is 1.48 bits per heavy atom. The second-order valence-corrected chi connectivity index (χ2v) is 4.43. The SMILES string of the molecule is CC[C@@H](O[C@@H]1C=CC(=O)N(c2ccc(F)cc2)N1)C(=O)O. The van der Waals surface area contributed by atoms with Crippen LogP contribution in [0.5, 0.6) is 0 Å². The minimum Gasteiger partial charge on any atom is -0.479 e. The molecule has 1 amide bonds. The first-order valence-corrected chi connectivity index (χ1v) is 6.43. The van der Waals surface area contributed by atoms with Crippen molar-refractivity contribution in [3.63, 3.8) is 0 Å². The standard InChI is InChI=1S/C14H15FN2O4/c1-2-11(14(19)20)21-12-7-8-13(18)17(16-12)10-5-3-9(15)4-6-10/h3-8,11-12,16H,2H2,1H3,(H,19,20)/t11-,12-/m1/s1. The van der Waals surface area contributed by atoms with Gasteiger partial charge in [-0.05, 0) is 36.8 Å². The molecule has 0 bridgehead atoms. The first-order valence-electron chi connectivity index (χ1n) is 6.43. The Balaban J connectivity index is 2.11. The van der Waals surface area contributed by atoms with Crippen molar-refractivity contribution in [2.45, 2.75) is 25.7 Å². The Hall–Kier alpha value is -2.25. The maximum Gasteiger partial charge on any atom is 0.332 e. The van der Waals surface area contributed by atoms with Crippen molar-refractivity contribution in [1.82, 2.24) is 5.43 Å². The minimum atomic E-state index is -1.07. The number of anilines is 1. The molecule has 0 fully saturated rings. The van der Waals surface area contributed by atoms with Gasteiger partial charge in [-0.3, -0.25) is 4.79 Å². The zero-order valence-corrected chi connectivity index (χ0v) is 11.3. The lowest BCUT2D eigenvalue weighted by Crippen LogP contribution is -2.52. The largest absolute Gasteiger partial charge is 0.479 e. The van der Waals surface area contributed by atoms with Crippen LogP contribution in [0.4, 0.5) is 10.1 Å². The highest BCUT2D eigenvalue weighted by molar-refractivity contribution is 6.01. The summed E-state index contributed by atoms with van der Waals surface area (Å²) in [5.41, 5.74) is 3.18. The van der Waals surface area contributed by atoms with Crippen LogP contribution < -0.4 is 10.4 Å². The molecule has 2 rings (SSSR count). The third-order valence-corrected chi connectivity index (χ3v) is 2.93. The molecule has 1 aromatic rings. The number of rotatable bonds is 5. The number of hydrogen-bond acceptors (Lipinski definition) is 4. The number of ether oxygens (including phenoxy) is 1. The fourth-order valence-corrected chi connectivity index (χ4v) is 1.85. The molecule has 0 aliphatic carbocycles. The van der Waals surface area contributed by atoms with E-state index < -0.39 is 24.1 Å². The summed E-state index contributed by atoms with van der Waals surface area (Å²) in [6, 6.07) is 5.32. The highest BCUT2D eigenvalue weighted by Gasteiger charge is 2.26. The minimum absolute atomic E-state index is 0.297. The van der Waals surface area contributed by atoms with E-state index in [1.165, 1.54) is 41.4 Å². The average molecular weight is 294 g/mol. The lowest BCUT2D eigenvalue weighted by Gasteiger charge is -2.31. The third kappa shape index (κ3) is 3.65. The van der Waals surface area contributed by atoms with Crippen LogP contribution in [0.25, 0.3) is 0 Å². The van der Waals surface area contributed by atoms with E-state index in [2.05, 4.69) is 5.43 Å². The monoisotopic (exact) mass is 294 g/mol. The van der Waals surface area contributed by atoms with E-state index in [1.807, 2.05) is 0 Å². The van der Waals surface area contributed by atoms with Gasteiger partial charge in [0.1, 0.15) is 12.0 Å². The smallest absolute Gasteiger partial charge is 0.332 e. The summed E-state index contributed by atoms with van der Waals surface area (Å²) in [5, 5.41) is 10.1. The molecule has 0 saturated heterocycles. The fourth-order valence-electron chi connectivity index (χ4n) is 1.85. The molecular formula is C14H15FN2O4. The van der Waals surface area contributed by atoms with Gasteiger partial charge in [-0.1, -0.05) is 6.92 Å². The number of halogens is 1. The average Bonchev–Trinajstić information content (AvgIpc) is 2.47. The normalized spacial score (nSPS) is 19.6. The van der Waals surface area contributed by atoms with E-state index in [4.69, 9.17) is 9.84 Å². The number of carboxylic acids is 1. The second-order valence-electron chi connectivity index (χ2n) is 4.43. The summed E-state index contributed by atoms with van der Waals surface area (Å²) < 4.78 is 18.3. The number of benzene rings is 1. The molecule has 0 unspecified atom stereocenters. The van der Waals surface area contributed by atoms with E-state index >= 15 is 0 Å². The summed E-state index contributed by atoms with van der Waals surface area (Å²) in [5.74, 6) is -1.84. The molecule has 1 aliphatic heterocycles. The zero-order valence-electron chi connectivity index (χ0n) is 11.3. The lowest BCUT2D eigenvalue weighted by molar-refractivity contribution is -0.154. The summed E-state index contributed by atoms with van der Waals surface area (Å²) in [7, 11) is 0. The predicted octanol–water partition coefficient (Wildman–Crippen LogP) is 1.44. The van der Waals surface area contributed by atoms with Gasteiger partial charge in [0, 0.05) is 6.08 Å². The Kier molecular flexibility index (Phi) is 4.66. The van der Waals surface area contributed by atoms with Crippen molar-refractivity contribution in [1.29, 1.82) is 0 Å². The van der Waals surface area contributed by atoms with Crippen LogP contribution in [0, 0.1) is 5.82 Å². The van der Waals surface area contributed by atoms with Crippen LogP contribution >= 0.6 is 0 Å². The van der Waals surface area contributed by atoms with Gasteiger partial charge in [0.2, 0.25) is 0 Å². The summed E-state index contributed by atoms with van der Waals surface area (Å²) in [6.45, 7) is 1.69. The molecule has 1 aliphatic rings. The molecule has 0 saturated carbocycles. The number of nitrogens with zero attached hydrogens (tertiary/aromatic N) is 1. The molecule has 6 nitrogen and oxygen atoms in total. The summed E-state index contributed by atoms with van der Waals surface area (Å²) in [6.07, 6.45) is 1.28. The van der Waals surface area contributed by atoms with Gasteiger partial charge in [-0.15, -0.1) is 0 Å². The first-order chi connectivity index (χ1) is 10.0. The highest BCUT2D eigenvalue weighted by Crippen LogP contribution is 2.17. The van der Waals surface area contributed by atoms with Crippen LogP contribution in [0.3, 0.4) is 0 Å². The van der Waals surface area contributed by atoms with Crippen LogP contribution in [-0.2, 0) is 14.3 Å². The summed E-state index contributed by atoms with van der Waals surface area (Å²) >= 11 is 0. The van der Waals surface area contributed by atoms with Crippen LogP contribution in [-0.4, -0.2) is 29.3 Å². The van der Waals surface area contributed by atoms with Gasteiger partial charge in [-0.25, -0.2) is 14.2 Å². The molecule has 7 heteroatoms. The lowest BCUT2D eigenvalue weighted by atomic mass is 10.2. The van der Waals surface area contributed by atoms with Gasteiger partial charge >= 0.3 is 5.97 Å². The van der Waals surface area contributed by atoms with Crippen LogP contribution in [0.2, 0.25) is 0 Å². The molecule has 112 valence electrons. The van der Waals surface area contributed by atoms with E-state index in [0.29, 0.717) is 12.1 Å². The number of carbonyl (C=O) groups excluding carboxylic acids is 1. The Bertz CT molecular complexity index is 559. The molecular weight excluding hydrogens is 279 g/mol. The maximum atomic E-state index is 12.9. The van der Waals surface area contributed by atoms with Crippen molar-refractivity contribution >= 4 is 17.6 Å². The first kappa shape index (κ1) is 15.1. The molecule has 0 aromatic heterocycles. The maximum absolute atomic E-state index is 12.9. The van der Waals surface area contributed by atoms with E-state index in [-0.39, 0.29) is 5.91 Å². The van der Waals surface area contributed by atoms with Crippen LogP contribution in [0.15, 0.2) is 36.4 Å². The van der Waals surface area contributed by atoms with E-state index in [9.17, 15) is 14.0 Å². The van der Waals surface area contributed by atoms with Gasteiger partial charge in [-0.2, -0.15) is 5.43 Å². The number of carboxylic acid groups (broad SMARTS) is 1. The molecule has 0 spiro atoms. The summed E-state index contributed by atoms with van der Waals surface area (Å²) in [4.78, 5) is 22.8. The number of nitrogens with one attached hydrogen (secondary N) is 1. The Labute approximate surface area is 120 Å². The fraction of sp³-hybridized carbons (Fsp3) is 0.286. The number of hydrogen-bond donors (Lipinski definition) is 2. The zero-order chi connectivity index (χ0) is 15.4. The molecule has 1 aromatic carbocycles. The third-order valence-electron chi connectivity index (χ3n) is 2.93. The Morgan fingerprint density at radius 2 is 2.14 bits per heavy atom. The number of carbonyl (C=O) groups is 2. The van der Waals surface area contributed by atoms with Gasteiger partial charge in [0.15, 0.2) is 6.10 Å². The van der Waals surface area contributed by atoms with Crippen molar-refractivity contribution in [3.05, 3.63) is 42.2 Å². The molecule has 2 N–H and O–H groups in total. The highest BCUT2D eigenvalue weighted by atomic mass is 19.1. The number of amides is 1. The number of aliphatic carboxylic acids is 1. The second kappa shape index (κ2) is 6.47. The van der Waals surface area contributed by atoms with Gasteiger partial charge in [0.25, 0.3) is 5.91 Å². The number of hydrazine groups is 1. The topological polar surface area (TPSA) is 78.9 Å². The van der Waals surface area contributed by atoms with Gasteiger partial charge in [0.05, 0.1) is 5.69 Å². The van der Waals surface area contributed by atoms with Crippen molar-refractivity contribution in [2.75, 3.05) is 5.01 Å². The van der Waals surface area contributed by atoms with Crippen LogP contribution in [0.1, 0.15) is 13.3 Å².